The molecule has 8 heteroatoms. The zero-order valence-corrected chi connectivity index (χ0v) is 23.7. The molecule has 0 spiro atoms. The SMILES string of the molecule is Cc1cccc(-n2nc(C(C)(C)C)c3c2N(CC(=O)N2CCOCC2)C(=O)CS[C@H]3c2ccccc2C)c1. The van der Waals surface area contributed by atoms with Gasteiger partial charge in [0, 0.05) is 24.1 Å². The molecule has 1 fully saturated rings. The fraction of sp³-hybridized carbons (Fsp3) is 0.433. The first-order valence-corrected chi connectivity index (χ1v) is 14.2. The van der Waals surface area contributed by atoms with Gasteiger partial charge >= 0.3 is 0 Å². The van der Waals surface area contributed by atoms with E-state index in [2.05, 4.69) is 52.0 Å². The lowest BCUT2D eigenvalue weighted by molar-refractivity contribution is -0.134. The number of anilines is 1. The number of aryl methyl sites for hydroxylation is 2. The Morgan fingerprint density at radius 2 is 1.82 bits per heavy atom. The summed E-state index contributed by atoms with van der Waals surface area (Å²) in [6.45, 7) is 12.7. The Bertz CT molecular complexity index is 1350. The van der Waals surface area contributed by atoms with E-state index in [9.17, 15) is 9.59 Å². The van der Waals surface area contributed by atoms with Gasteiger partial charge in [0.1, 0.15) is 12.4 Å². The van der Waals surface area contributed by atoms with Gasteiger partial charge in [-0.3, -0.25) is 14.5 Å². The molecule has 5 rings (SSSR count). The van der Waals surface area contributed by atoms with Crippen LogP contribution in [0, 0.1) is 13.8 Å². The summed E-state index contributed by atoms with van der Waals surface area (Å²) in [5.74, 6) is 0.830. The van der Waals surface area contributed by atoms with Crippen molar-refractivity contribution < 1.29 is 14.3 Å². The number of morpholine rings is 1. The van der Waals surface area contributed by atoms with Gasteiger partial charge in [0.25, 0.3) is 0 Å². The number of benzene rings is 2. The maximum Gasteiger partial charge on any atom is 0.242 e. The fourth-order valence-corrected chi connectivity index (χ4v) is 6.48. The quantitative estimate of drug-likeness (QED) is 0.482. The van der Waals surface area contributed by atoms with Crippen molar-refractivity contribution in [3.05, 3.63) is 76.5 Å². The van der Waals surface area contributed by atoms with Crippen molar-refractivity contribution in [2.75, 3.05) is 43.5 Å². The van der Waals surface area contributed by atoms with E-state index in [0.717, 1.165) is 22.5 Å². The predicted molar refractivity (Wildman–Crippen MR) is 152 cm³/mol. The molecule has 0 unspecified atom stereocenters. The summed E-state index contributed by atoms with van der Waals surface area (Å²) in [7, 11) is 0. The molecule has 2 amide bonds. The van der Waals surface area contributed by atoms with Crippen LogP contribution < -0.4 is 4.90 Å². The number of thioether (sulfide) groups is 1. The third-order valence-electron chi connectivity index (χ3n) is 7.17. The smallest absolute Gasteiger partial charge is 0.242 e. The molecule has 38 heavy (non-hydrogen) atoms. The van der Waals surface area contributed by atoms with Gasteiger partial charge in [0.2, 0.25) is 11.8 Å². The molecular formula is C30H36N4O3S. The van der Waals surface area contributed by atoms with Crippen LogP contribution in [0.25, 0.3) is 5.69 Å². The fourth-order valence-electron chi connectivity index (χ4n) is 5.19. The summed E-state index contributed by atoms with van der Waals surface area (Å²) in [6.07, 6.45) is 0. The summed E-state index contributed by atoms with van der Waals surface area (Å²) in [5.41, 5.74) is 5.99. The summed E-state index contributed by atoms with van der Waals surface area (Å²) in [4.78, 5) is 30.8. The van der Waals surface area contributed by atoms with Crippen LogP contribution in [0.3, 0.4) is 0 Å². The normalized spacial score (nSPS) is 18.3. The average Bonchev–Trinajstić information content (AvgIpc) is 3.23. The van der Waals surface area contributed by atoms with Gasteiger partial charge in [-0.2, -0.15) is 5.10 Å². The summed E-state index contributed by atoms with van der Waals surface area (Å²) in [5, 5.41) is 5.10. The lowest BCUT2D eigenvalue weighted by Gasteiger charge is -2.30. The molecule has 3 aromatic rings. The van der Waals surface area contributed by atoms with Gasteiger partial charge < -0.3 is 9.64 Å². The molecule has 2 aliphatic rings. The van der Waals surface area contributed by atoms with E-state index in [1.165, 1.54) is 11.1 Å². The third kappa shape index (κ3) is 5.12. The molecule has 0 saturated carbocycles. The minimum Gasteiger partial charge on any atom is -0.378 e. The second-order valence-electron chi connectivity index (χ2n) is 11.1. The van der Waals surface area contributed by atoms with Crippen LogP contribution in [0.15, 0.2) is 48.5 Å². The van der Waals surface area contributed by atoms with Crippen LogP contribution in [-0.2, 0) is 19.7 Å². The molecule has 7 nitrogen and oxygen atoms in total. The number of hydrogen-bond acceptors (Lipinski definition) is 5. The summed E-state index contributed by atoms with van der Waals surface area (Å²) < 4.78 is 7.34. The van der Waals surface area contributed by atoms with Crippen LogP contribution in [-0.4, -0.2) is 65.1 Å². The van der Waals surface area contributed by atoms with Crippen molar-refractivity contribution in [3.8, 4) is 5.69 Å². The number of nitrogens with zero attached hydrogens (tertiary/aromatic N) is 4. The van der Waals surface area contributed by atoms with E-state index in [4.69, 9.17) is 9.84 Å². The number of fused-ring (bicyclic) bond motifs is 1. The Balaban J connectivity index is 1.74. The van der Waals surface area contributed by atoms with Crippen molar-refractivity contribution >= 4 is 29.4 Å². The van der Waals surface area contributed by atoms with Crippen molar-refractivity contribution in [1.29, 1.82) is 0 Å². The largest absolute Gasteiger partial charge is 0.378 e. The number of amides is 2. The van der Waals surface area contributed by atoms with E-state index in [1.807, 2.05) is 35.9 Å². The molecular weight excluding hydrogens is 496 g/mol. The number of hydrogen-bond donors (Lipinski definition) is 0. The molecule has 200 valence electrons. The van der Waals surface area contributed by atoms with Gasteiger partial charge in [0.05, 0.1) is 35.6 Å². The number of carbonyl (C=O) groups is 2. The molecule has 0 aliphatic carbocycles. The number of rotatable bonds is 4. The van der Waals surface area contributed by atoms with Gasteiger partial charge in [-0.1, -0.05) is 57.2 Å². The Kier molecular flexibility index (Phi) is 7.38. The van der Waals surface area contributed by atoms with Crippen molar-refractivity contribution in [2.24, 2.45) is 0 Å². The molecule has 3 heterocycles. The predicted octanol–water partition coefficient (Wildman–Crippen LogP) is 4.81. The zero-order chi connectivity index (χ0) is 27.0. The zero-order valence-electron chi connectivity index (χ0n) is 22.9. The lowest BCUT2D eigenvalue weighted by atomic mass is 9.86. The molecule has 0 bridgehead atoms. The van der Waals surface area contributed by atoms with E-state index in [1.54, 1.807) is 21.6 Å². The van der Waals surface area contributed by atoms with Crippen LogP contribution in [0.4, 0.5) is 5.82 Å². The Morgan fingerprint density at radius 1 is 1.08 bits per heavy atom. The topological polar surface area (TPSA) is 67.7 Å². The van der Waals surface area contributed by atoms with Crippen LogP contribution >= 0.6 is 11.8 Å². The first-order valence-electron chi connectivity index (χ1n) is 13.2. The average molecular weight is 533 g/mol. The molecule has 0 N–H and O–H groups in total. The Morgan fingerprint density at radius 3 is 2.50 bits per heavy atom. The van der Waals surface area contributed by atoms with Crippen molar-refractivity contribution in [2.45, 2.75) is 45.3 Å². The highest BCUT2D eigenvalue weighted by atomic mass is 32.2. The highest BCUT2D eigenvalue weighted by molar-refractivity contribution is 8.00. The molecule has 1 aromatic heterocycles. The van der Waals surface area contributed by atoms with Crippen LogP contribution in [0.5, 0.6) is 0 Å². The van der Waals surface area contributed by atoms with Crippen LogP contribution in [0.2, 0.25) is 0 Å². The number of aromatic nitrogens is 2. The number of carbonyl (C=O) groups excluding carboxylic acids is 2. The maximum absolute atomic E-state index is 13.8. The Labute approximate surface area is 229 Å². The minimum absolute atomic E-state index is 0.0199. The minimum atomic E-state index is -0.284. The maximum atomic E-state index is 13.8. The number of ether oxygens (including phenoxy) is 1. The highest BCUT2D eigenvalue weighted by Crippen LogP contribution is 2.49. The second kappa shape index (κ2) is 10.6. The van der Waals surface area contributed by atoms with Gasteiger partial charge in [0.15, 0.2) is 0 Å². The van der Waals surface area contributed by atoms with Gasteiger partial charge in [-0.15, -0.1) is 11.8 Å². The molecule has 2 aliphatic heterocycles. The monoisotopic (exact) mass is 532 g/mol. The molecule has 2 aromatic carbocycles. The molecule has 1 saturated heterocycles. The van der Waals surface area contributed by atoms with Gasteiger partial charge in [-0.25, -0.2) is 4.68 Å². The van der Waals surface area contributed by atoms with Gasteiger partial charge in [-0.05, 0) is 42.7 Å². The van der Waals surface area contributed by atoms with E-state index >= 15 is 0 Å². The summed E-state index contributed by atoms with van der Waals surface area (Å²) in [6, 6.07) is 16.5. The van der Waals surface area contributed by atoms with E-state index in [-0.39, 0.29) is 34.8 Å². The third-order valence-corrected chi connectivity index (χ3v) is 8.41. The standard InChI is InChI=1S/C30H36N4O3S/c1-20-9-8-11-22(17-20)34-29-26(28(31-34)30(3,4)5)27(23-12-7-6-10-21(23)2)38-19-25(36)33(29)18-24(35)32-13-15-37-16-14-32/h6-12,17,27H,13-16,18-19H2,1-5H3/t27-/m0/s1. The van der Waals surface area contributed by atoms with Crippen molar-refractivity contribution in [1.82, 2.24) is 14.7 Å². The first kappa shape index (κ1) is 26.5. The lowest BCUT2D eigenvalue weighted by Crippen LogP contribution is -2.48. The van der Waals surface area contributed by atoms with E-state index < -0.39 is 0 Å². The summed E-state index contributed by atoms with van der Waals surface area (Å²) >= 11 is 1.62. The molecule has 1 atom stereocenters. The second-order valence-corrected chi connectivity index (χ2v) is 12.2. The van der Waals surface area contributed by atoms with Crippen LogP contribution in [0.1, 0.15) is 54.0 Å². The Hall–Kier alpha value is -3.10. The molecule has 0 radical (unpaired) electrons. The van der Waals surface area contributed by atoms with Crippen molar-refractivity contribution in [3.63, 3.8) is 0 Å². The van der Waals surface area contributed by atoms with E-state index in [0.29, 0.717) is 32.1 Å². The highest BCUT2D eigenvalue weighted by Gasteiger charge is 2.40. The first-order chi connectivity index (χ1) is 18.1.